The lowest BCUT2D eigenvalue weighted by Crippen LogP contribution is -2.57. The van der Waals surface area contributed by atoms with Gasteiger partial charge in [-0.15, -0.1) is 0 Å². The largest absolute Gasteiger partial charge is 0.445 e. The Morgan fingerprint density at radius 1 is 0.980 bits per heavy atom. The van der Waals surface area contributed by atoms with Gasteiger partial charge in [-0.25, -0.2) is 4.79 Å². The van der Waals surface area contributed by atoms with Crippen LogP contribution in [0.2, 0.25) is 0 Å². The second kappa shape index (κ2) is 17.6. The first-order valence-electron chi connectivity index (χ1n) is 17.2. The molecular formula is C38H50N6O6. The molecule has 0 bridgehead atoms. The van der Waals surface area contributed by atoms with Crippen LogP contribution in [0.25, 0.3) is 10.8 Å². The number of fused-ring (bicyclic) bond motifs is 1. The summed E-state index contributed by atoms with van der Waals surface area (Å²) < 4.78 is 5.55. The van der Waals surface area contributed by atoms with Crippen LogP contribution >= 0.6 is 0 Å². The Bertz CT molecular complexity index is 1660. The Hall–Kier alpha value is -4.94. The average molecular weight is 687 g/mol. The third kappa shape index (κ3) is 9.60. The van der Waals surface area contributed by atoms with Crippen LogP contribution in [0.3, 0.4) is 0 Å². The van der Waals surface area contributed by atoms with E-state index in [0.717, 1.165) is 28.4 Å². The number of primary amides is 1. The second-order valence-corrected chi connectivity index (χ2v) is 13.2. The molecule has 0 unspecified atom stereocenters. The van der Waals surface area contributed by atoms with E-state index in [9.17, 15) is 24.3 Å². The summed E-state index contributed by atoms with van der Waals surface area (Å²) in [5.41, 5.74) is 13.7. The molecule has 4 rings (SSSR count). The van der Waals surface area contributed by atoms with E-state index in [0.29, 0.717) is 18.5 Å². The fraction of sp³-hybridized carbons (Fsp3) is 0.421. The number of unbranched alkanes of at least 4 members (excludes halogenated alkanes) is 1. The van der Waals surface area contributed by atoms with Gasteiger partial charge in [-0.3, -0.25) is 19.3 Å². The van der Waals surface area contributed by atoms with E-state index in [-0.39, 0.29) is 38.1 Å². The first-order chi connectivity index (χ1) is 23.9. The molecule has 1 aliphatic rings. The van der Waals surface area contributed by atoms with Crippen molar-refractivity contribution in [1.82, 2.24) is 15.1 Å². The van der Waals surface area contributed by atoms with Gasteiger partial charge in [0, 0.05) is 30.2 Å². The molecule has 12 nitrogen and oxygen atoms in total. The van der Waals surface area contributed by atoms with Crippen LogP contribution in [0, 0.1) is 5.92 Å². The highest BCUT2D eigenvalue weighted by atomic mass is 16.5. The molecule has 12 heteroatoms. The van der Waals surface area contributed by atoms with Crippen molar-refractivity contribution in [2.45, 2.75) is 84.2 Å². The SMILES string of the molecule is CCCCN(C(=O)[C@@H](CC1=CN(C(=O)[C@H](C)N)CN1c1cccc2ccccc12)NC(=O)OCc1ccccc1)[C@@H](CC(C)C)[C@H](O)C(N)=O. The van der Waals surface area contributed by atoms with Gasteiger partial charge in [0.15, 0.2) is 6.10 Å². The zero-order valence-electron chi connectivity index (χ0n) is 29.3. The highest BCUT2D eigenvalue weighted by Gasteiger charge is 2.39. The standard InChI is InChI=1S/C38H50N6O6/c1-5-6-19-43(33(20-25(2)3)34(45)35(40)46)37(48)31(41-38(49)50-23-27-13-8-7-9-14-27)21-29-22-42(36(47)26(4)39)24-44(29)32-18-12-16-28-15-10-11-17-30(28)32/h7-18,22,25-26,31,33-34,45H,5-6,19-21,23-24,39H2,1-4H3,(H2,40,46)(H,41,49)/t26-,31+,33-,34-/m0/s1. The quantitative estimate of drug-likeness (QED) is 0.174. The summed E-state index contributed by atoms with van der Waals surface area (Å²) in [6, 6.07) is 19.9. The molecule has 268 valence electrons. The molecule has 50 heavy (non-hydrogen) atoms. The van der Waals surface area contributed by atoms with Crippen molar-refractivity contribution in [2.75, 3.05) is 18.1 Å². The highest BCUT2D eigenvalue weighted by Crippen LogP contribution is 2.34. The van der Waals surface area contributed by atoms with Gasteiger partial charge in [0.1, 0.15) is 19.3 Å². The van der Waals surface area contributed by atoms with Gasteiger partial charge >= 0.3 is 6.09 Å². The Morgan fingerprint density at radius 3 is 2.32 bits per heavy atom. The monoisotopic (exact) mass is 686 g/mol. The van der Waals surface area contributed by atoms with Crippen LogP contribution in [-0.2, 0) is 25.7 Å². The molecule has 0 fully saturated rings. The summed E-state index contributed by atoms with van der Waals surface area (Å²) >= 11 is 0. The maximum atomic E-state index is 14.7. The minimum absolute atomic E-state index is 0.00499. The molecule has 4 amide bonds. The van der Waals surface area contributed by atoms with E-state index < -0.39 is 42.1 Å². The van der Waals surface area contributed by atoms with Gasteiger partial charge in [0.05, 0.1) is 17.8 Å². The van der Waals surface area contributed by atoms with Crippen molar-refractivity contribution in [3.63, 3.8) is 0 Å². The minimum Gasteiger partial charge on any atom is -0.445 e. The smallest absolute Gasteiger partial charge is 0.408 e. The van der Waals surface area contributed by atoms with Gasteiger partial charge in [0.25, 0.3) is 0 Å². The van der Waals surface area contributed by atoms with Gasteiger partial charge < -0.3 is 36.4 Å². The number of nitrogens with two attached hydrogens (primary N) is 2. The van der Waals surface area contributed by atoms with E-state index in [1.807, 2.05) is 98.5 Å². The second-order valence-electron chi connectivity index (χ2n) is 13.2. The van der Waals surface area contributed by atoms with Crippen LogP contribution in [0.5, 0.6) is 0 Å². The average Bonchev–Trinajstić information content (AvgIpc) is 3.52. The van der Waals surface area contributed by atoms with Crippen LogP contribution in [-0.4, -0.2) is 76.2 Å². The number of aliphatic hydroxyl groups excluding tert-OH is 1. The third-order valence-electron chi connectivity index (χ3n) is 8.70. The van der Waals surface area contributed by atoms with Crippen LogP contribution in [0.4, 0.5) is 10.5 Å². The molecule has 3 aromatic rings. The topological polar surface area (TPSA) is 172 Å². The van der Waals surface area contributed by atoms with Crippen molar-refractivity contribution >= 4 is 40.3 Å². The minimum atomic E-state index is -1.62. The Balaban J connectivity index is 1.76. The molecule has 0 aliphatic carbocycles. The molecule has 0 radical (unpaired) electrons. The molecule has 0 spiro atoms. The van der Waals surface area contributed by atoms with Gasteiger partial charge in [-0.1, -0.05) is 93.9 Å². The summed E-state index contributed by atoms with van der Waals surface area (Å²) in [5.74, 6) is -1.76. The van der Waals surface area contributed by atoms with E-state index in [1.165, 1.54) is 9.80 Å². The molecule has 0 saturated carbocycles. The van der Waals surface area contributed by atoms with Crippen LogP contribution < -0.4 is 21.7 Å². The van der Waals surface area contributed by atoms with E-state index in [4.69, 9.17) is 16.2 Å². The fourth-order valence-electron chi connectivity index (χ4n) is 6.15. The number of nitrogens with one attached hydrogen (secondary N) is 1. The number of carbonyl (C=O) groups excluding carboxylic acids is 4. The number of benzene rings is 3. The van der Waals surface area contributed by atoms with Crippen LogP contribution in [0.1, 0.15) is 58.9 Å². The number of carbonyl (C=O) groups is 4. The Kier molecular flexibility index (Phi) is 13.4. The zero-order chi connectivity index (χ0) is 36.4. The maximum Gasteiger partial charge on any atom is 0.408 e. The number of amides is 4. The molecule has 6 N–H and O–H groups in total. The lowest BCUT2D eigenvalue weighted by molar-refractivity contribution is -0.142. The van der Waals surface area contributed by atoms with Crippen molar-refractivity contribution in [3.8, 4) is 0 Å². The van der Waals surface area contributed by atoms with Gasteiger partial charge in [-0.05, 0) is 42.7 Å². The lowest BCUT2D eigenvalue weighted by Gasteiger charge is -2.37. The molecular weight excluding hydrogens is 636 g/mol. The number of rotatable bonds is 16. The van der Waals surface area contributed by atoms with Crippen molar-refractivity contribution in [2.24, 2.45) is 17.4 Å². The first-order valence-corrected chi connectivity index (χ1v) is 17.2. The van der Waals surface area contributed by atoms with Gasteiger partial charge in [0.2, 0.25) is 17.7 Å². The summed E-state index contributed by atoms with van der Waals surface area (Å²) in [5, 5.41) is 15.7. The maximum absolute atomic E-state index is 14.7. The lowest BCUT2D eigenvalue weighted by atomic mass is 9.95. The molecule has 0 saturated heterocycles. The molecule has 1 heterocycles. The normalized spacial score (nSPS) is 15.3. The summed E-state index contributed by atoms with van der Waals surface area (Å²) in [6.07, 6.45) is 0.777. The highest BCUT2D eigenvalue weighted by molar-refractivity contribution is 5.96. The summed E-state index contributed by atoms with van der Waals surface area (Å²) in [6.45, 7) is 7.76. The van der Waals surface area contributed by atoms with Crippen molar-refractivity contribution in [3.05, 3.63) is 90.3 Å². The molecule has 1 aliphatic heterocycles. The number of nitrogens with zero attached hydrogens (tertiary/aromatic N) is 3. The number of aliphatic hydroxyl groups is 1. The number of hydrogen-bond acceptors (Lipinski definition) is 8. The van der Waals surface area contributed by atoms with E-state index >= 15 is 0 Å². The summed E-state index contributed by atoms with van der Waals surface area (Å²) in [4.78, 5) is 58.5. The molecule has 4 atom stereocenters. The molecule has 0 aromatic heterocycles. The number of anilines is 1. The fourth-order valence-corrected chi connectivity index (χ4v) is 6.15. The Labute approximate surface area is 294 Å². The predicted molar refractivity (Wildman–Crippen MR) is 193 cm³/mol. The summed E-state index contributed by atoms with van der Waals surface area (Å²) in [7, 11) is 0. The Morgan fingerprint density at radius 2 is 1.66 bits per heavy atom. The van der Waals surface area contributed by atoms with E-state index in [1.54, 1.807) is 13.1 Å². The van der Waals surface area contributed by atoms with Gasteiger partial charge in [-0.2, -0.15) is 0 Å². The number of hydrogen-bond donors (Lipinski definition) is 4. The van der Waals surface area contributed by atoms with Crippen LogP contribution in [0.15, 0.2) is 84.7 Å². The van der Waals surface area contributed by atoms with E-state index in [2.05, 4.69) is 5.32 Å². The number of alkyl carbamates (subject to hydrolysis) is 1. The first kappa shape index (κ1) is 37.9. The number of ether oxygens (including phenoxy) is 1. The van der Waals surface area contributed by atoms with Crippen molar-refractivity contribution < 1.29 is 29.0 Å². The predicted octanol–water partition coefficient (Wildman–Crippen LogP) is 4.21. The van der Waals surface area contributed by atoms with Crippen molar-refractivity contribution in [1.29, 1.82) is 0 Å². The zero-order valence-corrected chi connectivity index (χ0v) is 29.3. The third-order valence-corrected chi connectivity index (χ3v) is 8.70. The molecule has 3 aromatic carbocycles.